The third-order valence-corrected chi connectivity index (χ3v) is 2.61. The monoisotopic (exact) mass is 226 g/mol. The average molecular weight is 226 g/mol. The number of benzene rings is 1. The normalized spacial score (nSPS) is 10.9. The predicted octanol–water partition coefficient (Wildman–Crippen LogP) is 4.26. The molecule has 0 atom stereocenters. The van der Waals surface area contributed by atoms with E-state index in [9.17, 15) is 8.78 Å². The third kappa shape index (κ3) is 2.59. The fourth-order valence-electron chi connectivity index (χ4n) is 1.24. The largest absolute Gasteiger partial charge is 0.464 e. The Labute approximate surface area is 90.1 Å². The Hall–Kier alpha value is -1.29. The minimum atomic E-state index is -2.38. The summed E-state index contributed by atoms with van der Waals surface area (Å²) >= 11 is 0.540. The van der Waals surface area contributed by atoms with Crippen molar-refractivity contribution in [2.45, 2.75) is 10.7 Å². The van der Waals surface area contributed by atoms with Gasteiger partial charge in [0.05, 0.1) is 6.26 Å². The molecule has 2 aromatic rings. The van der Waals surface area contributed by atoms with Gasteiger partial charge in [-0.1, -0.05) is 23.9 Å². The summed E-state index contributed by atoms with van der Waals surface area (Å²) in [4.78, 5) is 0.556. The van der Waals surface area contributed by atoms with Crippen molar-refractivity contribution >= 4 is 11.8 Å². The summed E-state index contributed by atoms with van der Waals surface area (Å²) in [5.41, 5.74) is 0.888. The molecule has 0 amide bonds. The highest BCUT2D eigenvalue weighted by molar-refractivity contribution is 7.99. The first kappa shape index (κ1) is 10.2. The molecule has 0 fully saturated rings. The second-order valence-electron chi connectivity index (χ2n) is 2.88. The van der Waals surface area contributed by atoms with Gasteiger partial charge in [-0.2, -0.15) is 8.78 Å². The lowest BCUT2D eigenvalue weighted by Gasteiger charge is -2.01. The van der Waals surface area contributed by atoms with Gasteiger partial charge in [-0.25, -0.2) is 0 Å². The quantitative estimate of drug-likeness (QED) is 0.725. The molecule has 0 bridgehead atoms. The van der Waals surface area contributed by atoms with E-state index in [1.807, 2.05) is 6.07 Å². The van der Waals surface area contributed by atoms with Gasteiger partial charge in [0.1, 0.15) is 5.76 Å². The van der Waals surface area contributed by atoms with E-state index in [1.54, 1.807) is 36.6 Å². The highest BCUT2D eigenvalue weighted by Gasteiger charge is 2.05. The number of halogens is 2. The zero-order valence-electron chi connectivity index (χ0n) is 7.69. The second kappa shape index (κ2) is 4.49. The van der Waals surface area contributed by atoms with Crippen LogP contribution in [0.25, 0.3) is 11.3 Å². The Kier molecular flexibility index (Phi) is 3.06. The van der Waals surface area contributed by atoms with Crippen LogP contribution in [-0.4, -0.2) is 5.76 Å². The number of hydrogen-bond acceptors (Lipinski definition) is 2. The van der Waals surface area contributed by atoms with Crippen LogP contribution in [0.1, 0.15) is 0 Å². The zero-order chi connectivity index (χ0) is 10.7. The van der Waals surface area contributed by atoms with Crippen LogP contribution in [0.2, 0.25) is 0 Å². The van der Waals surface area contributed by atoms with Crippen LogP contribution in [-0.2, 0) is 0 Å². The Balaban J connectivity index is 2.17. The smallest absolute Gasteiger partial charge is 0.288 e. The molecule has 0 aliphatic carbocycles. The van der Waals surface area contributed by atoms with Crippen molar-refractivity contribution in [3.8, 4) is 11.3 Å². The Bertz CT molecular complexity index is 409. The van der Waals surface area contributed by atoms with Crippen molar-refractivity contribution in [3.05, 3.63) is 42.7 Å². The topological polar surface area (TPSA) is 13.1 Å². The van der Waals surface area contributed by atoms with E-state index in [4.69, 9.17) is 4.42 Å². The van der Waals surface area contributed by atoms with E-state index in [2.05, 4.69) is 0 Å². The number of rotatable bonds is 3. The van der Waals surface area contributed by atoms with E-state index in [-0.39, 0.29) is 0 Å². The van der Waals surface area contributed by atoms with Gasteiger partial charge < -0.3 is 4.42 Å². The van der Waals surface area contributed by atoms with E-state index in [1.165, 1.54) is 0 Å². The van der Waals surface area contributed by atoms with Crippen LogP contribution in [0.4, 0.5) is 8.78 Å². The SMILES string of the molecule is FC(F)Sc1ccc(-c2ccco2)cc1. The Morgan fingerprint density at radius 2 is 1.80 bits per heavy atom. The fourth-order valence-corrected chi connectivity index (χ4v) is 1.74. The summed E-state index contributed by atoms with van der Waals surface area (Å²) in [6.07, 6.45) is 1.58. The first-order chi connectivity index (χ1) is 7.25. The van der Waals surface area contributed by atoms with Crippen molar-refractivity contribution in [3.63, 3.8) is 0 Å². The number of hydrogen-bond donors (Lipinski definition) is 0. The molecule has 0 unspecified atom stereocenters. The van der Waals surface area contributed by atoms with Crippen molar-refractivity contribution in [2.75, 3.05) is 0 Å². The van der Waals surface area contributed by atoms with E-state index in [0.717, 1.165) is 11.3 Å². The van der Waals surface area contributed by atoms with Crippen LogP contribution < -0.4 is 0 Å². The van der Waals surface area contributed by atoms with Crippen LogP contribution >= 0.6 is 11.8 Å². The molecule has 0 spiro atoms. The third-order valence-electron chi connectivity index (χ3n) is 1.89. The molecule has 0 radical (unpaired) electrons. The standard InChI is InChI=1S/C11H8F2OS/c12-11(13)15-9-5-3-8(4-6-9)10-2-1-7-14-10/h1-7,11H. The number of thioether (sulfide) groups is 1. The minimum Gasteiger partial charge on any atom is -0.464 e. The van der Waals surface area contributed by atoms with Gasteiger partial charge in [0, 0.05) is 10.5 Å². The zero-order valence-corrected chi connectivity index (χ0v) is 8.51. The van der Waals surface area contributed by atoms with Crippen LogP contribution in [0.15, 0.2) is 52.0 Å². The van der Waals surface area contributed by atoms with Crippen LogP contribution in [0.3, 0.4) is 0 Å². The molecule has 1 nitrogen and oxygen atoms in total. The maximum absolute atomic E-state index is 12.0. The summed E-state index contributed by atoms with van der Waals surface area (Å²) in [6, 6.07) is 10.5. The van der Waals surface area contributed by atoms with Gasteiger partial charge in [-0.3, -0.25) is 0 Å². The Morgan fingerprint density at radius 3 is 2.33 bits per heavy atom. The van der Waals surface area contributed by atoms with Gasteiger partial charge in [0.2, 0.25) is 0 Å². The number of furan rings is 1. The first-order valence-electron chi connectivity index (χ1n) is 4.34. The maximum atomic E-state index is 12.0. The molecule has 4 heteroatoms. The van der Waals surface area contributed by atoms with Crippen LogP contribution in [0.5, 0.6) is 0 Å². The maximum Gasteiger partial charge on any atom is 0.288 e. The summed E-state index contributed by atoms with van der Waals surface area (Å²) in [5, 5.41) is 0. The molecule has 1 aromatic carbocycles. The van der Waals surface area contributed by atoms with Crippen molar-refractivity contribution in [1.82, 2.24) is 0 Å². The lowest BCUT2D eigenvalue weighted by molar-refractivity contribution is 0.252. The van der Waals surface area contributed by atoms with Gasteiger partial charge in [-0.15, -0.1) is 0 Å². The predicted molar refractivity (Wildman–Crippen MR) is 56.0 cm³/mol. The first-order valence-corrected chi connectivity index (χ1v) is 5.22. The number of alkyl halides is 2. The molecule has 1 heterocycles. The van der Waals surface area contributed by atoms with Crippen LogP contribution in [0, 0.1) is 0 Å². The van der Waals surface area contributed by atoms with Gasteiger partial charge >= 0.3 is 0 Å². The van der Waals surface area contributed by atoms with Crippen molar-refractivity contribution in [2.24, 2.45) is 0 Å². The molecule has 0 aliphatic rings. The van der Waals surface area contributed by atoms with E-state index < -0.39 is 5.76 Å². The fraction of sp³-hybridized carbons (Fsp3) is 0.0909. The molecule has 78 valence electrons. The highest BCUT2D eigenvalue weighted by Crippen LogP contribution is 2.27. The molecule has 2 rings (SSSR count). The molecular formula is C11H8F2OS. The molecule has 0 aliphatic heterocycles. The lowest BCUT2D eigenvalue weighted by Crippen LogP contribution is -1.81. The molecule has 1 aromatic heterocycles. The molecular weight excluding hydrogens is 218 g/mol. The van der Waals surface area contributed by atoms with Crippen molar-refractivity contribution in [1.29, 1.82) is 0 Å². The summed E-state index contributed by atoms with van der Waals surface area (Å²) < 4.78 is 29.3. The van der Waals surface area contributed by atoms with Gasteiger partial charge in [-0.05, 0) is 24.3 Å². The minimum absolute atomic E-state index is 0.540. The molecule has 0 N–H and O–H groups in total. The summed E-state index contributed by atoms with van der Waals surface area (Å²) in [7, 11) is 0. The van der Waals surface area contributed by atoms with Gasteiger partial charge in [0.25, 0.3) is 5.76 Å². The Morgan fingerprint density at radius 1 is 1.07 bits per heavy atom. The highest BCUT2D eigenvalue weighted by atomic mass is 32.2. The lowest BCUT2D eigenvalue weighted by atomic mass is 10.2. The molecule has 15 heavy (non-hydrogen) atoms. The second-order valence-corrected chi connectivity index (χ2v) is 3.94. The van der Waals surface area contributed by atoms with E-state index >= 15 is 0 Å². The average Bonchev–Trinajstić information content (AvgIpc) is 2.71. The summed E-state index contributed by atoms with van der Waals surface area (Å²) in [6.45, 7) is 0. The van der Waals surface area contributed by atoms with Crippen molar-refractivity contribution < 1.29 is 13.2 Å². The summed E-state index contributed by atoms with van der Waals surface area (Å²) in [5.74, 6) is -1.64. The van der Waals surface area contributed by atoms with Gasteiger partial charge in [0.15, 0.2) is 0 Å². The van der Waals surface area contributed by atoms with E-state index in [0.29, 0.717) is 16.7 Å². The molecule has 0 saturated carbocycles. The molecule has 0 saturated heterocycles.